The van der Waals surface area contributed by atoms with Crippen molar-refractivity contribution in [1.29, 1.82) is 0 Å². The van der Waals surface area contributed by atoms with Gasteiger partial charge in [0.25, 0.3) is 0 Å². The van der Waals surface area contributed by atoms with Crippen LogP contribution in [-0.2, 0) is 6.42 Å². The Labute approximate surface area is 129 Å². The molecule has 0 saturated carbocycles. The van der Waals surface area contributed by atoms with Gasteiger partial charge < -0.3 is 0 Å². The maximum atomic E-state index is 6.18. The van der Waals surface area contributed by atoms with Crippen LogP contribution < -0.4 is 0 Å². The van der Waals surface area contributed by atoms with Gasteiger partial charge in [-0.3, -0.25) is 0 Å². The third kappa shape index (κ3) is 3.19. The number of thiazole rings is 1. The van der Waals surface area contributed by atoms with Gasteiger partial charge in [-0.1, -0.05) is 25.4 Å². The fourth-order valence-electron chi connectivity index (χ4n) is 1.57. The molecule has 0 N–H and O–H groups in total. The van der Waals surface area contributed by atoms with Crippen LogP contribution in [0.25, 0.3) is 11.5 Å². The SMILES string of the molecule is Cc1nc(-c2nc(Cl)c(I)c(CC(C)C)n2)cs1. The first-order valence-corrected chi connectivity index (χ1v) is 7.95. The summed E-state index contributed by atoms with van der Waals surface area (Å²) >= 11 is 9.97. The second-order valence-electron chi connectivity index (χ2n) is 4.45. The van der Waals surface area contributed by atoms with Crippen LogP contribution in [0.4, 0.5) is 0 Å². The van der Waals surface area contributed by atoms with Gasteiger partial charge in [0.1, 0.15) is 10.8 Å². The fraction of sp³-hybridized carbons (Fsp3) is 0.417. The van der Waals surface area contributed by atoms with Crippen LogP contribution in [0.15, 0.2) is 5.38 Å². The zero-order valence-corrected chi connectivity index (χ0v) is 14.1. The van der Waals surface area contributed by atoms with Crippen molar-refractivity contribution in [2.24, 2.45) is 5.92 Å². The lowest BCUT2D eigenvalue weighted by Gasteiger charge is -2.09. The van der Waals surface area contributed by atoms with Crippen molar-refractivity contribution >= 4 is 45.5 Å². The largest absolute Gasteiger partial charge is 0.238 e. The molecule has 0 saturated heterocycles. The molecule has 0 fully saturated rings. The van der Waals surface area contributed by atoms with Crippen LogP contribution >= 0.6 is 45.5 Å². The van der Waals surface area contributed by atoms with E-state index in [9.17, 15) is 0 Å². The highest BCUT2D eigenvalue weighted by Gasteiger charge is 2.14. The topological polar surface area (TPSA) is 38.7 Å². The molecule has 0 aromatic carbocycles. The van der Waals surface area contributed by atoms with Crippen molar-refractivity contribution in [1.82, 2.24) is 15.0 Å². The summed E-state index contributed by atoms with van der Waals surface area (Å²) in [5, 5.41) is 3.49. The van der Waals surface area contributed by atoms with Gasteiger partial charge >= 0.3 is 0 Å². The predicted octanol–water partition coefficient (Wildman–Crippen LogP) is 4.37. The Morgan fingerprint density at radius 3 is 2.61 bits per heavy atom. The average Bonchev–Trinajstić information content (AvgIpc) is 2.70. The number of hydrogen-bond acceptors (Lipinski definition) is 4. The van der Waals surface area contributed by atoms with E-state index in [0.29, 0.717) is 16.9 Å². The van der Waals surface area contributed by atoms with Crippen molar-refractivity contribution in [3.8, 4) is 11.5 Å². The van der Waals surface area contributed by atoms with Crippen LogP contribution in [0, 0.1) is 16.4 Å². The van der Waals surface area contributed by atoms with Gasteiger partial charge in [0.2, 0.25) is 0 Å². The van der Waals surface area contributed by atoms with E-state index in [1.807, 2.05) is 12.3 Å². The fourth-order valence-corrected chi connectivity index (χ4v) is 2.81. The number of aryl methyl sites for hydroxylation is 1. The maximum absolute atomic E-state index is 6.18. The van der Waals surface area contributed by atoms with Gasteiger partial charge in [0.05, 0.1) is 14.3 Å². The van der Waals surface area contributed by atoms with Gasteiger partial charge in [-0.2, -0.15) is 0 Å². The van der Waals surface area contributed by atoms with Gasteiger partial charge in [0.15, 0.2) is 5.82 Å². The monoisotopic (exact) mass is 393 g/mol. The van der Waals surface area contributed by atoms with Crippen molar-refractivity contribution in [2.45, 2.75) is 27.2 Å². The summed E-state index contributed by atoms with van der Waals surface area (Å²) in [5.74, 6) is 1.16. The van der Waals surface area contributed by atoms with Crippen LogP contribution in [0.3, 0.4) is 0 Å². The smallest absolute Gasteiger partial charge is 0.180 e. The molecule has 0 unspecified atom stereocenters. The van der Waals surface area contributed by atoms with Crippen molar-refractivity contribution in [3.63, 3.8) is 0 Å². The van der Waals surface area contributed by atoms with E-state index in [0.717, 1.165) is 26.4 Å². The van der Waals surface area contributed by atoms with E-state index in [2.05, 4.69) is 51.4 Å². The number of halogens is 2. The zero-order chi connectivity index (χ0) is 13.3. The quantitative estimate of drug-likeness (QED) is 0.574. The molecule has 2 rings (SSSR count). The average molecular weight is 394 g/mol. The van der Waals surface area contributed by atoms with Crippen molar-refractivity contribution in [3.05, 3.63) is 24.8 Å². The first kappa shape index (κ1) is 14.1. The highest BCUT2D eigenvalue weighted by Crippen LogP contribution is 2.26. The molecule has 18 heavy (non-hydrogen) atoms. The first-order chi connectivity index (χ1) is 8.47. The van der Waals surface area contributed by atoms with Gasteiger partial charge in [0, 0.05) is 5.38 Å². The van der Waals surface area contributed by atoms with Gasteiger partial charge in [-0.05, 0) is 41.9 Å². The van der Waals surface area contributed by atoms with E-state index >= 15 is 0 Å². The Morgan fingerprint density at radius 2 is 2.06 bits per heavy atom. The van der Waals surface area contributed by atoms with E-state index in [4.69, 9.17) is 11.6 Å². The molecular formula is C12H13ClIN3S. The van der Waals surface area contributed by atoms with Crippen LogP contribution in [0.1, 0.15) is 24.5 Å². The van der Waals surface area contributed by atoms with E-state index in [1.54, 1.807) is 11.3 Å². The summed E-state index contributed by atoms with van der Waals surface area (Å²) in [4.78, 5) is 13.3. The minimum absolute atomic E-state index is 0.516. The van der Waals surface area contributed by atoms with Crippen LogP contribution in [0.5, 0.6) is 0 Å². The lowest BCUT2D eigenvalue weighted by molar-refractivity contribution is 0.632. The highest BCUT2D eigenvalue weighted by atomic mass is 127. The molecule has 2 aromatic rings. The molecule has 2 heterocycles. The second-order valence-corrected chi connectivity index (χ2v) is 6.95. The molecule has 0 aliphatic carbocycles. The molecule has 0 atom stereocenters. The Morgan fingerprint density at radius 1 is 1.33 bits per heavy atom. The summed E-state index contributed by atoms with van der Waals surface area (Å²) in [6.45, 7) is 6.30. The summed E-state index contributed by atoms with van der Waals surface area (Å²) < 4.78 is 0.943. The molecule has 0 spiro atoms. The molecule has 0 amide bonds. The second kappa shape index (κ2) is 5.79. The maximum Gasteiger partial charge on any atom is 0.180 e. The zero-order valence-electron chi connectivity index (χ0n) is 10.4. The number of rotatable bonds is 3. The first-order valence-electron chi connectivity index (χ1n) is 5.61. The minimum Gasteiger partial charge on any atom is -0.238 e. The summed E-state index contributed by atoms with van der Waals surface area (Å²) in [6, 6.07) is 0. The Balaban J connectivity index is 2.46. The number of hydrogen-bond donors (Lipinski definition) is 0. The third-order valence-electron chi connectivity index (χ3n) is 2.33. The molecule has 0 aliphatic heterocycles. The molecule has 6 heteroatoms. The molecule has 3 nitrogen and oxygen atoms in total. The van der Waals surface area contributed by atoms with E-state index in [-0.39, 0.29) is 0 Å². The van der Waals surface area contributed by atoms with Crippen LogP contribution in [0.2, 0.25) is 5.15 Å². The molecule has 0 radical (unpaired) electrons. The molecule has 2 aromatic heterocycles. The lowest BCUT2D eigenvalue weighted by atomic mass is 10.1. The third-order valence-corrected chi connectivity index (χ3v) is 4.83. The predicted molar refractivity (Wildman–Crippen MR) is 84.1 cm³/mol. The Hall–Kier alpha value is -0.270. The lowest BCUT2D eigenvalue weighted by Crippen LogP contribution is -2.04. The summed E-state index contributed by atoms with van der Waals surface area (Å²) in [6.07, 6.45) is 0.899. The summed E-state index contributed by atoms with van der Waals surface area (Å²) in [7, 11) is 0. The van der Waals surface area contributed by atoms with Crippen molar-refractivity contribution < 1.29 is 0 Å². The molecular weight excluding hydrogens is 381 g/mol. The summed E-state index contributed by atoms with van der Waals surface area (Å²) in [5.41, 5.74) is 1.81. The standard InChI is InChI=1S/C12H13ClIN3S/c1-6(2)4-8-10(14)11(13)17-12(16-8)9-5-18-7(3)15-9/h5-6H,4H2,1-3H3. The number of aromatic nitrogens is 3. The van der Waals surface area contributed by atoms with Gasteiger partial charge in [-0.25, -0.2) is 15.0 Å². The molecule has 0 bridgehead atoms. The van der Waals surface area contributed by atoms with Crippen LogP contribution in [-0.4, -0.2) is 15.0 Å². The normalized spacial score (nSPS) is 11.2. The highest BCUT2D eigenvalue weighted by molar-refractivity contribution is 14.1. The van der Waals surface area contributed by atoms with E-state index in [1.165, 1.54) is 0 Å². The van der Waals surface area contributed by atoms with E-state index < -0.39 is 0 Å². The Kier molecular flexibility index (Phi) is 4.55. The molecule has 96 valence electrons. The Bertz CT molecular complexity index is 568. The minimum atomic E-state index is 0.516. The molecule has 0 aliphatic rings. The van der Waals surface area contributed by atoms with Crippen molar-refractivity contribution in [2.75, 3.05) is 0 Å². The van der Waals surface area contributed by atoms with Gasteiger partial charge in [-0.15, -0.1) is 11.3 Å². The number of nitrogens with zero attached hydrogens (tertiary/aromatic N) is 3.